The van der Waals surface area contributed by atoms with E-state index >= 15 is 0 Å². The summed E-state index contributed by atoms with van der Waals surface area (Å²) < 4.78 is 47.9. The summed E-state index contributed by atoms with van der Waals surface area (Å²) >= 11 is 6.24. The number of phosphoric ester groups is 1. The van der Waals surface area contributed by atoms with Gasteiger partial charge in [0.2, 0.25) is 10.0 Å². The first-order chi connectivity index (χ1) is 19.3. The Balaban J connectivity index is 1.69. The molecule has 0 radical (unpaired) electrons. The number of sulfonamides is 1. The number of anilines is 1. The Kier molecular flexibility index (Phi) is 9.14. The zero-order valence-electron chi connectivity index (χ0n) is 21.5. The first-order valence-electron chi connectivity index (χ1n) is 12.0. The van der Waals surface area contributed by atoms with E-state index in [4.69, 9.17) is 26.1 Å². The van der Waals surface area contributed by atoms with E-state index in [1.165, 1.54) is 29.2 Å². The Bertz CT molecular complexity index is 1680. The lowest BCUT2D eigenvalue weighted by Gasteiger charge is -2.16. The maximum Gasteiger partial charge on any atom is 0.469 e. The molecule has 0 aromatic heterocycles. The van der Waals surface area contributed by atoms with Crippen LogP contribution < -0.4 is 14.4 Å². The van der Waals surface area contributed by atoms with Gasteiger partial charge < -0.3 is 19.4 Å². The summed E-state index contributed by atoms with van der Waals surface area (Å²) in [7, 11) is -7.46. The van der Waals surface area contributed by atoms with E-state index in [1.807, 2.05) is 0 Å². The number of rotatable bonds is 11. The second kappa shape index (κ2) is 12.2. The molecule has 41 heavy (non-hydrogen) atoms. The lowest BCUT2D eigenvalue weighted by atomic mass is 9.95. The summed E-state index contributed by atoms with van der Waals surface area (Å²) in [6, 6.07) is 12.1. The third kappa shape index (κ3) is 6.93. The van der Waals surface area contributed by atoms with E-state index in [2.05, 4.69) is 9.25 Å². The molecule has 16 heteroatoms. The van der Waals surface area contributed by atoms with E-state index in [1.54, 1.807) is 37.5 Å². The van der Waals surface area contributed by atoms with Crippen molar-refractivity contribution in [2.24, 2.45) is 0 Å². The third-order valence-corrected chi connectivity index (χ3v) is 8.71. The molecule has 1 unspecified atom stereocenters. The fourth-order valence-corrected chi connectivity index (χ4v) is 6.12. The second-order valence-electron chi connectivity index (χ2n) is 8.92. The van der Waals surface area contributed by atoms with Crippen molar-refractivity contribution in [1.82, 2.24) is 4.72 Å². The Labute approximate surface area is 239 Å². The lowest BCUT2D eigenvalue weighted by molar-refractivity contribution is -0.383. The van der Waals surface area contributed by atoms with Crippen LogP contribution in [0.3, 0.4) is 0 Å². The minimum Gasteiger partial charge on any atom is -0.497 e. The molecule has 0 bridgehead atoms. The number of methoxy groups -OCH3 is 1. The zero-order valence-corrected chi connectivity index (χ0v) is 23.9. The van der Waals surface area contributed by atoms with Gasteiger partial charge in [0.15, 0.2) is 0 Å². The van der Waals surface area contributed by atoms with Crippen LogP contribution in [0.25, 0.3) is 16.8 Å². The molecule has 0 fully saturated rings. The third-order valence-electron chi connectivity index (χ3n) is 6.36. The average Bonchev–Trinajstić information content (AvgIpc) is 3.32. The summed E-state index contributed by atoms with van der Waals surface area (Å²) in [5.74, 6) is -0.0257. The Morgan fingerprint density at radius 1 is 1.22 bits per heavy atom. The summed E-state index contributed by atoms with van der Waals surface area (Å²) in [4.78, 5) is 43.2. The molecular weight excluding hydrogens is 601 g/mol. The van der Waals surface area contributed by atoms with Gasteiger partial charge in [0.1, 0.15) is 5.75 Å². The Morgan fingerprint density at radius 3 is 2.54 bits per heavy atom. The largest absolute Gasteiger partial charge is 0.497 e. The standard InChI is InChI=1S/C25H25ClN3O10PS/c1-38-18-5-2-16(3-6-18)4-9-24(30)28-15-17(14-26)25-20-8-7-19(12-21(20)22(29(31)32)13-23(25)28)41(36,37)27-10-11-39-40(33,34)35/h2-9,12-13,17,27H,10-11,14-15H2,1H3,(H2,33,34,35)/b9-4+. The number of nitrogens with zero attached hydrogens (tertiary/aromatic N) is 2. The van der Waals surface area contributed by atoms with Crippen molar-refractivity contribution in [2.45, 2.75) is 10.8 Å². The smallest absolute Gasteiger partial charge is 0.469 e. The zero-order chi connectivity index (χ0) is 29.9. The van der Waals surface area contributed by atoms with Crippen LogP contribution in [-0.4, -0.2) is 61.7 Å². The number of nitrogens with one attached hydrogen (secondary N) is 1. The monoisotopic (exact) mass is 625 g/mol. The number of carbonyl (C=O) groups excluding carboxylic acids is 1. The van der Waals surface area contributed by atoms with Gasteiger partial charge in [-0.2, -0.15) is 0 Å². The Hall–Kier alpha value is -3.36. The number of hydrogen-bond donors (Lipinski definition) is 3. The molecule has 1 amide bonds. The quantitative estimate of drug-likeness (QED) is 0.0711. The molecule has 1 atom stereocenters. The normalized spacial score (nSPS) is 15.4. The number of nitro benzene ring substituents is 1. The van der Waals surface area contributed by atoms with Gasteiger partial charge in [-0.05, 0) is 46.9 Å². The van der Waals surface area contributed by atoms with Gasteiger partial charge in [-0.3, -0.25) is 19.4 Å². The molecule has 1 aliphatic rings. The second-order valence-corrected chi connectivity index (χ2v) is 12.2. The van der Waals surface area contributed by atoms with Crippen molar-refractivity contribution in [2.75, 3.05) is 37.6 Å². The van der Waals surface area contributed by atoms with Crippen molar-refractivity contribution < 1.29 is 41.7 Å². The molecule has 218 valence electrons. The number of benzene rings is 3. The number of phosphoric acid groups is 1. The molecule has 1 aliphatic heterocycles. The van der Waals surface area contributed by atoms with Gasteiger partial charge in [-0.1, -0.05) is 18.2 Å². The summed E-state index contributed by atoms with van der Waals surface area (Å²) in [5.41, 5.74) is 1.22. The van der Waals surface area contributed by atoms with Gasteiger partial charge in [-0.25, -0.2) is 17.7 Å². The number of hydrogen-bond acceptors (Lipinski definition) is 8. The topological polar surface area (TPSA) is 186 Å². The van der Waals surface area contributed by atoms with Crippen molar-refractivity contribution >= 4 is 63.6 Å². The highest BCUT2D eigenvalue weighted by atomic mass is 35.5. The molecule has 3 N–H and O–H groups in total. The first-order valence-corrected chi connectivity index (χ1v) is 15.5. The molecule has 4 rings (SSSR count). The molecule has 1 heterocycles. The van der Waals surface area contributed by atoms with E-state index in [9.17, 15) is 27.9 Å². The van der Waals surface area contributed by atoms with E-state index in [0.29, 0.717) is 22.4 Å². The minimum atomic E-state index is -4.78. The number of halogens is 1. The van der Waals surface area contributed by atoms with Crippen LogP contribution in [0, 0.1) is 10.1 Å². The number of carbonyl (C=O) groups is 1. The molecule has 0 spiro atoms. The number of alkyl halides is 1. The molecule has 0 saturated heterocycles. The molecule has 3 aromatic rings. The van der Waals surface area contributed by atoms with Crippen LogP contribution in [0.2, 0.25) is 0 Å². The van der Waals surface area contributed by atoms with E-state index in [-0.39, 0.29) is 28.6 Å². The highest BCUT2D eigenvalue weighted by Crippen LogP contribution is 2.46. The fourth-order valence-electron chi connectivity index (χ4n) is 4.50. The molecule has 13 nitrogen and oxygen atoms in total. The van der Waals surface area contributed by atoms with Crippen molar-refractivity contribution in [3.63, 3.8) is 0 Å². The van der Waals surface area contributed by atoms with Gasteiger partial charge in [-0.15, -0.1) is 11.6 Å². The number of amides is 1. The van der Waals surface area contributed by atoms with Crippen LogP contribution >= 0.6 is 19.4 Å². The van der Waals surface area contributed by atoms with Crippen molar-refractivity contribution in [1.29, 1.82) is 0 Å². The van der Waals surface area contributed by atoms with Gasteiger partial charge in [0.25, 0.3) is 11.6 Å². The molecule has 0 saturated carbocycles. The highest BCUT2D eigenvalue weighted by molar-refractivity contribution is 7.89. The van der Waals surface area contributed by atoms with Crippen LogP contribution in [0.5, 0.6) is 5.75 Å². The minimum absolute atomic E-state index is 0.0290. The van der Waals surface area contributed by atoms with Crippen molar-refractivity contribution in [3.8, 4) is 5.75 Å². The fraction of sp³-hybridized carbons (Fsp3) is 0.240. The van der Waals surface area contributed by atoms with E-state index < -0.39 is 47.5 Å². The maximum atomic E-state index is 13.2. The predicted octanol–water partition coefficient (Wildman–Crippen LogP) is 3.53. The van der Waals surface area contributed by atoms with Crippen LogP contribution in [0.15, 0.2) is 59.5 Å². The van der Waals surface area contributed by atoms with Crippen LogP contribution in [-0.2, 0) is 23.9 Å². The predicted molar refractivity (Wildman–Crippen MR) is 152 cm³/mol. The van der Waals surface area contributed by atoms with Crippen LogP contribution in [0.4, 0.5) is 11.4 Å². The van der Waals surface area contributed by atoms with Gasteiger partial charge in [0.05, 0.1) is 34.6 Å². The molecular formula is C25H25ClN3O10PS. The van der Waals surface area contributed by atoms with E-state index in [0.717, 1.165) is 11.6 Å². The van der Waals surface area contributed by atoms with Gasteiger partial charge >= 0.3 is 7.82 Å². The lowest BCUT2D eigenvalue weighted by Crippen LogP contribution is -2.28. The number of nitro groups is 1. The maximum absolute atomic E-state index is 13.2. The first kappa shape index (κ1) is 30.6. The number of fused-ring (bicyclic) bond motifs is 3. The average molecular weight is 626 g/mol. The van der Waals surface area contributed by atoms with Gasteiger partial charge in [0, 0.05) is 37.0 Å². The molecule has 0 aliphatic carbocycles. The SMILES string of the molecule is COc1ccc(/C=C/C(=O)N2CC(CCl)c3c2cc([N+](=O)[O-])c2cc(S(=O)(=O)NCCOP(=O)(O)O)ccc32)cc1. The highest BCUT2D eigenvalue weighted by Gasteiger charge is 2.36. The van der Waals surface area contributed by atoms with Crippen LogP contribution in [0.1, 0.15) is 17.0 Å². The summed E-state index contributed by atoms with van der Waals surface area (Å²) in [6.07, 6.45) is 2.97. The number of non-ortho nitro benzene ring substituents is 1. The summed E-state index contributed by atoms with van der Waals surface area (Å²) in [6.45, 7) is -0.881. The van der Waals surface area contributed by atoms with Crippen molar-refractivity contribution in [3.05, 3.63) is 75.8 Å². The Morgan fingerprint density at radius 2 is 1.93 bits per heavy atom. The summed E-state index contributed by atoms with van der Waals surface area (Å²) in [5, 5.41) is 12.5. The number of ether oxygens (including phenoxy) is 1. The molecule has 3 aromatic carbocycles.